The summed E-state index contributed by atoms with van der Waals surface area (Å²) in [6, 6.07) is 6.34. The fourth-order valence-electron chi connectivity index (χ4n) is 2.42. The van der Waals surface area contributed by atoms with Gasteiger partial charge < -0.3 is 5.32 Å². The van der Waals surface area contributed by atoms with Crippen LogP contribution in [0.4, 0.5) is 5.82 Å². The summed E-state index contributed by atoms with van der Waals surface area (Å²) in [5.74, 6) is 1.70. The molecule has 2 rings (SSSR count). The standard InChI is InChI=1S/C14H19N3/c1-10-3-5-13(6-4-10)17-14-8-12(9-15)7-11(2)16-14/h7-8,10,13H,3-6H2,1-2H3,(H,16,17). The zero-order valence-corrected chi connectivity index (χ0v) is 10.5. The lowest BCUT2D eigenvalue weighted by Gasteiger charge is -2.27. The zero-order valence-electron chi connectivity index (χ0n) is 10.5. The maximum absolute atomic E-state index is 8.92. The molecule has 90 valence electrons. The molecule has 0 bridgehead atoms. The van der Waals surface area contributed by atoms with Gasteiger partial charge in [0.25, 0.3) is 0 Å². The molecule has 1 heterocycles. The highest BCUT2D eigenvalue weighted by atomic mass is 15.0. The number of anilines is 1. The number of nitrogens with one attached hydrogen (secondary N) is 1. The normalized spacial score (nSPS) is 24.1. The highest BCUT2D eigenvalue weighted by Crippen LogP contribution is 2.25. The molecule has 1 N–H and O–H groups in total. The second-order valence-corrected chi connectivity index (χ2v) is 5.10. The van der Waals surface area contributed by atoms with E-state index in [1.165, 1.54) is 25.7 Å². The van der Waals surface area contributed by atoms with E-state index in [4.69, 9.17) is 5.26 Å². The quantitative estimate of drug-likeness (QED) is 0.846. The minimum absolute atomic E-state index is 0.520. The van der Waals surface area contributed by atoms with Crippen molar-refractivity contribution >= 4 is 5.82 Å². The van der Waals surface area contributed by atoms with Gasteiger partial charge >= 0.3 is 0 Å². The van der Waals surface area contributed by atoms with E-state index in [-0.39, 0.29) is 0 Å². The average Bonchev–Trinajstić information content (AvgIpc) is 2.31. The third-order valence-electron chi connectivity index (χ3n) is 3.45. The summed E-state index contributed by atoms with van der Waals surface area (Å²) in [6.45, 7) is 4.24. The van der Waals surface area contributed by atoms with E-state index in [0.29, 0.717) is 11.6 Å². The predicted octanol–water partition coefficient (Wildman–Crippen LogP) is 3.25. The highest BCUT2D eigenvalue weighted by molar-refractivity contribution is 5.45. The molecule has 0 amide bonds. The molecule has 0 spiro atoms. The molecule has 0 saturated heterocycles. The van der Waals surface area contributed by atoms with Crippen LogP contribution in [-0.4, -0.2) is 11.0 Å². The van der Waals surface area contributed by atoms with Gasteiger partial charge in [-0.1, -0.05) is 6.92 Å². The Morgan fingerprint density at radius 3 is 2.65 bits per heavy atom. The Hall–Kier alpha value is -1.56. The molecule has 1 aromatic heterocycles. The van der Waals surface area contributed by atoms with Gasteiger partial charge in [-0.15, -0.1) is 0 Å². The number of aryl methyl sites for hydroxylation is 1. The number of nitrogens with zero attached hydrogens (tertiary/aromatic N) is 2. The third kappa shape index (κ3) is 3.20. The average molecular weight is 229 g/mol. The molecule has 0 atom stereocenters. The van der Waals surface area contributed by atoms with Gasteiger partial charge in [0.2, 0.25) is 0 Å². The first-order valence-corrected chi connectivity index (χ1v) is 6.32. The molecular formula is C14H19N3. The summed E-state index contributed by atoms with van der Waals surface area (Å²) in [7, 11) is 0. The van der Waals surface area contributed by atoms with Crippen LogP contribution in [0.5, 0.6) is 0 Å². The maximum atomic E-state index is 8.92. The smallest absolute Gasteiger partial charge is 0.127 e. The summed E-state index contributed by atoms with van der Waals surface area (Å²) in [4.78, 5) is 4.43. The first-order chi connectivity index (χ1) is 8.17. The molecule has 17 heavy (non-hydrogen) atoms. The fraction of sp³-hybridized carbons (Fsp3) is 0.571. The molecule has 0 aromatic carbocycles. The van der Waals surface area contributed by atoms with Crippen molar-refractivity contribution < 1.29 is 0 Å². The monoisotopic (exact) mass is 229 g/mol. The summed E-state index contributed by atoms with van der Waals surface area (Å²) >= 11 is 0. The minimum atomic E-state index is 0.520. The topological polar surface area (TPSA) is 48.7 Å². The van der Waals surface area contributed by atoms with Crippen LogP contribution in [0, 0.1) is 24.2 Å². The molecule has 0 unspecified atom stereocenters. The second kappa shape index (κ2) is 5.18. The van der Waals surface area contributed by atoms with Gasteiger partial charge in [-0.25, -0.2) is 4.98 Å². The van der Waals surface area contributed by atoms with Crippen LogP contribution in [0.3, 0.4) is 0 Å². The Bertz CT molecular complexity index is 426. The van der Waals surface area contributed by atoms with Crippen LogP contribution in [0.1, 0.15) is 43.9 Å². The van der Waals surface area contributed by atoms with E-state index in [0.717, 1.165) is 17.4 Å². The Kier molecular flexibility index (Phi) is 3.63. The fourth-order valence-corrected chi connectivity index (χ4v) is 2.42. The first-order valence-electron chi connectivity index (χ1n) is 6.32. The molecule has 1 aromatic rings. The van der Waals surface area contributed by atoms with Crippen molar-refractivity contribution in [1.29, 1.82) is 5.26 Å². The van der Waals surface area contributed by atoms with Gasteiger partial charge in [-0.3, -0.25) is 0 Å². The zero-order chi connectivity index (χ0) is 12.3. The Balaban J connectivity index is 2.03. The third-order valence-corrected chi connectivity index (χ3v) is 3.45. The lowest BCUT2D eigenvalue weighted by atomic mass is 9.87. The predicted molar refractivity (Wildman–Crippen MR) is 68.7 cm³/mol. The van der Waals surface area contributed by atoms with Crippen LogP contribution >= 0.6 is 0 Å². The number of pyridine rings is 1. The van der Waals surface area contributed by atoms with E-state index in [2.05, 4.69) is 23.3 Å². The Labute approximate surface area is 103 Å². The molecule has 0 radical (unpaired) electrons. The molecule has 0 aliphatic heterocycles. The van der Waals surface area contributed by atoms with Crippen molar-refractivity contribution in [3.63, 3.8) is 0 Å². The van der Waals surface area contributed by atoms with E-state index in [1.54, 1.807) is 0 Å². The van der Waals surface area contributed by atoms with Crippen LogP contribution in [-0.2, 0) is 0 Å². The number of hydrogen-bond acceptors (Lipinski definition) is 3. The van der Waals surface area contributed by atoms with E-state index in [9.17, 15) is 0 Å². The van der Waals surface area contributed by atoms with Crippen LogP contribution in [0.25, 0.3) is 0 Å². The number of aromatic nitrogens is 1. The lowest BCUT2D eigenvalue weighted by Crippen LogP contribution is -2.25. The number of nitriles is 1. The molecule has 1 saturated carbocycles. The molecule has 1 aliphatic carbocycles. The summed E-state index contributed by atoms with van der Waals surface area (Å²) in [5, 5.41) is 12.4. The molecule has 3 nitrogen and oxygen atoms in total. The van der Waals surface area contributed by atoms with Crippen molar-refractivity contribution in [3.05, 3.63) is 23.4 Å². The van der Waals surface area contributed by atoms with Crippen molar-refractivity contribution in [2.75, 3.05) is 5.32 Å². The Morgan fingerprint density at radius 2 is 2.00 bits per heavy atom. The van der Waals surface area contributed by atoms with Gasteiger partial charge in [-0.2, -0.15) is 5.26 Å². The van der Waals surface area contributed by atoms with Gasteiger partial charge in [-0.05, 0) is 50.7 Å². The Morgan fingerprint density at radius 1 is 1.29 bits per heavy atom. The molecule has 3 heteroatoms. The van der Waals surface area contributed by atoms with Crippen LogP contribution in [0.2, 0.25) is 0 Å². The van der Waals surface area contributed by atoms with Gasteiger partial charge in [0.1, 0.15) is 5.82 Å². The summed E-state index contributed by atoms with van der Waals surface area (Å²) in [5.41, 5.74) is 1.58. The molecular weight excluding hydrogens is 210 g/mol. The van der Waals surface area contributed by atoms with Gasteiger partial charge in [0, 0.05) is 11.7 Å². The van der Waals surface area contributed by atoms with Crippen LogP contribution < -0.4 is 5.32 Å². The molecule has 1 aliphatic rings. The van der Waals surface area contributed by atoms with E-state index >= 15 is 0 Å². The summed E-state index contributed by atoms with van der Waals surface area (Å²) in [6.07, 6.45) is 4.99. The van der Waals surface area contributed by atoms with Crippen molar-refractivity contribution in [2.45, 2.75) is 45.6 Å². The van der Waals surface area contributed by atoms with Crippen molar-refractivity contribution in [2.24, 2.45) is 5.92 Å². The van der Waals surface area contributed by atoms with Gasteiger partial charge in [0.15, 0.2) is 0 Å². The van der Waals surface area contributed by atoms with Crippen molar-refractivity contribution in [3.8, 4) is 6.07 Å². The minimum Gasteiger partial charge on any atom is -0.367 e. The number of rotatable bonds is 2. The second-order valence-electron chi connectivity index (χ2n) is 5.10. The SMILES string of the molecule is Cc1cc(C#N)cc(NC2CCC(C)CC2)n1. The highest BCUT2D eigenvalue weighted by Gasteiger charge is 2.18. The van der Waals surface area contributed by atoms with E-state index < -0.39 is 0 Å². The molecule has 1 fully saturated rings. The lowest BCUT2D eigenvalue weighted by molar-refractivity contribution is 0.361. The first kappa shape index (κ1) is 11.9. The maximum Gasteiger partial charge on any atom is 0.127 e. The van der Waals surface area contributed by atoms with Crippen LogP contribution in [0.15, 0.2) is 12.1 Å². The summed E-state index contributed by atoms with van der Waals surface area (Å²) < 4.78 is 0. The largest absolute Gasteiger partial charge is 0.367 e. The van der Waals surface area contributed by atoms with Crippen molar-refractivity contribution in [1.82, 2.24) is 4.98 Å². The van der Waals surface area contributed by atoms with E-state index in [1.807, 2.05) is 19.1 Å². The number of hydrogen-bond donors (Lipinski definition) is 1. The van der Waals surface area contributed by atoms with Gasteiger partial charge in [0.05, 0.1) is 11.6 Å².